The highest BCUT2D eigenvalue weighted by molar-refractivity contribution is 7.88. The summed E-state index contributed by atoms with van der Waals surface area (Å²) in [5.74, 6) is 0.402. The van der Waals surface area contributed by atoms with Crippen LogP contribution in [0.3, 0.4) is 0 Å². The summed E-state index contributed by atoms with van der Waals surface area (Å²) in [6.45, 7) is 5.93. The molecule has 1 rings (SSSR count). The lowest BCUT2D eigenvalue weighted by Crippen LogP contribution is -2.34. The first kappa shape index (κ1) is 16.1. The third kappa shape index (κ3) is 6.18. The van der Waals surface area contributed by atoms with E-state index >= 15 is 0 Å². The van der Waals surface area contributed by atoms with Crippen molar-refractivity contribution < 1.29 is 13.5 Å². The van der Waals surface area contributed by atoms with E-state index in [1.54, 1.807) is 24.3 Å². The standard InChI is InChI=1S/C14H23NO3S/c1-11(2)7-12(3)15-19(17,18)10-14-6-4-5-13(8-14)9-16/h4-6,8,11-12,15-16H,7,9-10H2,1-3H3. The van der Waals surface area contributed by atoms with Crippen LogP contribution in [0.2, 0.25) is 0 Å². The van der Waals surface area contributed by atoms with E-state index in [4.69, 9.17) is 5.11 Å². The third-order valence-electron chi connectivity index (χ3n) is 2.74. The molecule has 0 amide bonds. The van der Waals surface area contributed by atoms with Crippen molar-refractivity contribution in [1.29, 1.82) is 0 Å². The van der Waals surface area contributed by atoms with Crippen molar-refractivity contribution in [1.82, 2.24) is 4.72 Å². The topological polar surface area (TPSA) is 66.4 Å². The summed E-state index contributed by atoms with van der Waals surface area (Å²) in [6, 6.07) is 6.93. The van der Waals surface area contributed by atoms with Crippen molar-refractivity contribution in [3.05, 3.63) is 35.4 Å². The van der Waals surface area contributed by atoms with Gasteiger partial charge in [0.15, 0.2) is 0 Å². The highest BCUT2D eigenvalue weighted by atomic mass is 32.2. The molecule has 0 saturated heterocycles. The van der Waals surface area contributed by atoms with Gasteiger partial charge in [-0.15, -0.1) is 0 Å². The van der Waals surface area contributed by atoms with Crippen LogP contribution in [0.4, 0.5) is 0 Å². The van der Waals surface area contributed by atoms with E-state index in [1.165, 1.54) is 0 Å². The number of hydrogen-bond donors (Lipinski definition) is 2. The van der Waals surface area contributed by atoms with Crippen LogP contribution in [0.5, 0.6) is 0 Å². The molecule has 1 aromatic carbocycles. The summed E-state index contributed by atoms with van der Waals surface area (Å²) in [4.78, 5) is 0. The Morgan fingerprint density at radius 2 is 1.84 bits per heavy atom. The summed E-state index contributed by atoms with van der Waals surface area (Å²) in [5.41, 5.74) is 1.42. The van der Waals surface area contributed by atoms with Crippen LogP contribution in [-0.4, -0.2) is 19.6 Å². The Hall–Kier alpha value is -0.910. The van der Waals surface area contributed by atoms with Crippen molar-refractivity contribution in [3.63, 3.8) is 0 Å². The highest BCUT2D eigenvalue weighted by Gasteiger charge is 2.16. The van der Waals surface area contributed by atoms with Gasteiger partial charge in [0.05, 0.1) is 12.4 Å². The Kier molecular flexibility index (Phi) is 5.97. The van der Waals surface area contributed by atoms with Crippen molar-refractivity contribution in [2.45, 2.75) is 45.6 Å². The number of benzene rings is 1. The fourth-order valence-electron chi connectivity index (χ4n) is 2.14. The van der Waals surface area contributed by atoms with Crippen LogP contribution in [0.1, 0.15) is 38.3 Å². The van der Waals surface area contributed by atoms with Gasteiger partial charge < -0.3 is 5.11 Å². The van der Waals surface area contributed by atoms with Crippen LogP contribution in [0.15, 0.2) is 24.3 Å². The van der Waals surface area contributed by atoms with Gasteiger partial charge in [0.2, 0.25) is 10.0 Å². The molecule has 19 heavy (non-hydrogen) atoms. The molecule has 0 spiro atoms. The number of rotatable bonds is 7. The maximum Gasteiger partial charge on any atom is 0.216 e. The Morgan fingerprint density at radius 1 is 1.21 bits per heavy atom. The fraction of sp³-hybridized carbons (Fsp3) is 0.571. The van der Waals surface area contributed by atoms with E-state index in [-0.39, 0.29) is 18.4 Å². The molecule has 0 saturated carbocycles. The molecule has 4 nitrogen and oxygen atoms in total. The molecule has 108 valence electrons. The molecular formula is C14H23NO3S. The number of aliphatic hydroxyl groups is 1. The summed E-state index contributed by atoms with van der Waals surface area (Å²) in [6.07, 6.45) is 0.815. The van der Waals surface area contributed by atoms with Gasteiger partial charge >= 0.3 is 0 Å². The minimum atomic E-state index is -3.34. The molecule has 2 N–H and O–H groups in total. The lowest BCUT2D eigenvalue weighted by atomic mass is 10.1. The van der Waals surface area contributed by atoms with Crippen LogP contribution in [-0.2, 0) is 22.4 Å². The van der Waals surface area contributed by atoms with Gasteiger partial charge in [0.1, 0.15) is 0 Å². The zero-order valence-corrected chi connectivity index (χ0v) is 12.6. The van der Waals surface area contributed by atoms with Crippen molar-refractivity contribution in [3.8, 4) is 0 Å². The summed E-state index contributed by atoms with van der Waals surface area (Å²) in [7, 11) is -3.34. The van der Waals surface area contributed by atoms with Gasteiger partial charge in [-0.05, 0) is 30.4 Å². The van der Waals surface area contributed by atoms with E-state index in [0.717, 1.165) is 12.0 Å². The van der Waals surface area contributed by atoms with Crippen LogP contribution < -0.4 is 4.72 Å². The lowest BCUT2D eigenvalue weighted by Gasteiger charge is -2.16. The van der Waals surface area contributed by atoms with Gasteiger partial charge in [-0.25, -0.2) is 13.1 Å². The molecule has 0 aromatic heterocycles. The molecule has 5 heteroatoms. The Bertz CT molecular complexity index is 497. The first-order chi connectivity index (χ1) is 8.82. The van der Waals surface area contributed by atoms with Crippen LogP contribution in [0.25, 0.3) is 0 Å². The first-order valence-electron chi connectivity index (χ1n) is 6.51. The van der Waals surface area contributed by atoms with Crippen LogP contribution >= 0.6 is 0 Å². The molecule has 0 aliphatic heterocycles. The molecule has 1 unspecified atom stereocenters. The van der Waals surface area contributed by atoms with Gasteiger partial charge in [0.25, 0.3) is 0 Å². The minimum Gasteiger partial charge on any atom is -0.392 e. The minimum absolute atomic E-state index is 0.0523. The molecule has 0 fully saturated rings. The molecule has 0 heterocycles. The lowest BCUT2D eigenvalue weighted by molar-refractivity contribution is 0.282. The molecule has 0 radical (unpaired) electrons. The highest BCUT2D eigenvalue weighted by Crippen LogP contribution is 2.11. The van der Waals surface area contributed by atoms with Crippen LogP contribution in [0, 0.1) is 5.92 Å². The summed E-state index contributed by atoms with van der Waals surface area (Å²) < 4.78 is 26.7. The fourth-order valence-corrected chi connectivity index (χ4v) is 3.55. The quantitative estimate of drug-likeness (QED) is 0.805. The molecule has 1 atom stereocenters. The Balaban J connectivity index is 2.68. The van der Waals surface area contributed by atoms with Gasteiger partial charge in [-0.3, -0.25) is 0 Å². The first-order valence-corrected chi connectivity index (χ1v) is 8.16. The summed E-state index contributed by atoms with van der Waals surface area (Å²) in [5, 5.41) is 9.04. The van der Waals surface area contributed by atoms with E-state index in [1.807, 2.05) is 6.92 Å². The second-order valence-electron chi connectivity index (χ2n) is 5.39. The Morgan fingerprint density at radius 3 is 2.42 bits per heavy atom. The second kappa shape index (κ2) is 7.03. The molecule has 0 bridgehead atoms. The second-order valence-corrected chi connectivity index (χ2v) is 7.14. The third-order valence-corrected chi connectivity index (χ3v) is 4.21. The Labute approximate surface area is 115 Å². The van der Waals surface area contributed by atoms with Gasteiger partial charge in [-0.1, -0.05) is 38.1 Å². The predicted octanol–water partition coefficient (Wildman–Crippen LogP) is 2.03. The van der Waals surface area contributed by atoms with Gasteiger partial charge in [0, 0.05) is 6.04 Å². The van der Waals surface area contributed by atoms with E-state index in [2.05, 4.69) is 18.6 Å². The van der Waals surface area contributed by atoms with E-state index in [9.17, 15) is 8.42 Å². The largest absolute Gasteiger partial charge is 0.392 e. The molecular weight excluding hydrogens is 262 g/mol. The number of hydrogen-bond acceptors (Lipinski definition) is 3. The number of nitrogens with one attached hydrogen (secondary N) is 1. The average molecular weight is 285 g/mol. The number of sulfonamides is 1. The van der Waals surface area contributed by atoms with Crippen molar-refractivity contribution in [2.75, 3.05) is 0 Å². The van der Waals surface area contributed by atoms with E-state index < -0.39 is 10.0 Å². The van der Waals surface area contributed by atoms with Crippen molar-refractivity contribution >= 4 is 10.0 Å². The number of aliphatic hydroxyl groups excluding tert-OH is 1. The molecule has 0 aliphatic carbocycles. The summed E-state index contributed by atoms with van der Waals surface area (Å²) >= 11 is 0. The predicted molar refractivity (Wildman–Crippen MR) is 77.0 cm³/mol. The maximum absolute atomic E-state index is 12.0. The molecule has 1 aromatic rings. The molecule has 0 aliphatic rings. The van der Waals surface area contributed by atoms with Crippen molar-refractivity contribution in [2.24, 2.45) is 5.92 Å². The zero-order chi connectivity index (χ0) is 14.5. The monoisotopic (exact) mass is 285 g/mol. The van der Waals surface area contributed by atoms with Gasteiger partial charge in [-0.2, -0.15) is 0 Å². The SMILES string of the molecule is CC(C)CC(C)NS(=O)(=O)Cc1cccc(CO)c1. The average Bonchev–Trinajstić information content (AvgIpc) is 2.26. The zero-order valence-electron chi connectivity index (χ0n) is 11.8. The smallest absolute Gasteiger partial charge is 0.216 e. The van der Waals surface area contributed by atoms with E-state index in [0.29, 0.717) is 11.5 Å². The normalized spacial score (nSPS) is 13.7. The maximum atomic E-state index is 12.0.